The summed E-state index contributed by atoms with van der Waals surface area (Å²) in [4.78, 5) is 13.2. The van der Waals surface area contributed by atoms with Crippen LogP contribution in [0.4, 0.5) is 17.1 Å². The molecule has 2 aliphatic rings. The lowest BCUT2D eigenvalue weighted by Gasteiger charge is -2.44. The number of nitrogens with one attached hydrogen (secondary N) is 1. The predicted molar refractivity (Wildman–Crippen MR) is 80.2 cm³/mol. The van der Waals surface area contributed by atoms with Gasteiger partial charge in [0.1, 0.15) is 11.4 Å². The summed E-state index contributed by atoms with van der Waals surface area (Å²) in [5, 5.41) is 11.5. The number of para-hydroxylation sites is 1. The maximum atomic E-state index is 11.5. The topological polar surface area (TPSA) is 93.7 Å². The molecule has 3 rings (SSSR count). The Morgan fingerprint density at radius 2 is 2.19 bits per heavy atom. The lowest BCUT2D eigenvalue weighted by Crippen LogP contribution is -2.53. The highest BCUT2D eigenvalue weighted by molar-refractivity contribution is 5.77. The molecule has 114 valence electrons. The molecule has 1 saturated heterocycles. The fourth-order valence-corrected chi connectivity index (χ4v) is 3.47. The van der Waals surface area contributed by atoms with Gasteiger partial charge in [0.25, 0.3) is 0 Å². The van der Waals surface area contributed by atoms with E-state index in [4.69, 9.17) is 10.6 Å². The maximum absolute atomic E-state index is 11.5. The number of hydrogen-bond acceptors (Lipinski definition) is 6. The van der Waals surface area contributed by atoms with Gasteiger partial charge in [0.05, 0.1) is 23.7 Å². The molecule has 2 atom stereocenters. The van der Waals surface area contributed by atoms with E-state index in [1.54, 1.807) is 18.2 Å². The molecule has 21 heavy (non-hydrogen) atoms. The molecule has 1 aliphatic heterocycles. The van der Waals surface area contributed by atoms with Crippen molar-refractivity contribution in [3.8, 4) is 0 Å². The molecule has 1 aliphatic carbocycles. The van der Waals surface area contributed by atoms with Crippen molar-refractivity contribution in [2.75, 3.05) is 23.5 Å². The van der Waals surface area contributed by atoms with Crippen LogP contribution in [0, 0.1) is 10.1 Å². The number of nitrogen functional groups attached to an aromatic ring is 1. The van der Waals surface area contributed by atoms with Gasteiger partial charge in [0.2, 0.25) is 0 Å². The van der Waals surface area contributed by atoms with Gasteiger partial charge >= 0.3 is 5.69 Å². The number of anilines is 2. The summed E-state index contributed by atoms with van der Waals surface area (Å²) in [6.07, 6.45) is 4.54. The van der Waals surface area contributed by atoms with Crippen LogP contribution >= 0.6 is 0 Å². The molecule has 7 nitrogen and oxygen atoms in total. The van der Waals surface area contributed by atoms with E-state index in [1.807, 2.05) is 0 Å². The third-order valence-corrected chi connectivity index (χ3v) is 4.39. The van der Waals surface area contributed by atoms with E-state index in [0.29, 0.717) is 24.5 Å². The average Bonchev–Trinajstić information content (AvgIpc) is 2.53. The minimum absolute atomic E-state index is 0.0474. The van der Waals surface area contributed by atoms with Gasteiger partial charge in [-0.1, -0.05) is 18.9 Å². The number of hydrogen-bond donors (Lipinski definition) is 2. The number of fused-ring (bicyclic) bond motifs is 1. The third kappa shape index (κ3) is 2.54. The first kappa shape index (κ1) is 14.1. The van der Waals surface area contributed by atoms with Gasteiger partial charge in [-0.05, 0) is 25.0 Å². The second kappa shape index (κ2) is 5.87. The van der Waals surface area contributed by atoms with Crippen LogP contribution in [0.1, 0.15) is 25.7 Å². The molecule has 2 fully saturated rings. The number of hydrazine groups is 1. The molecule has 1 heterocycles. The lowest BCUT2D eigenvalue weighted by molar-refractivity contribution is -0.383. The van der Waals surface area contributed by atoms with Gasteiger partial charge in [-0.15, -0.1) is 0 Å². The van der Waals surface area contributed by atoms with Crippen molar-refractivity contribution >= 4 is 17.1 Å². The normalized spacial score (nSPS) is 25.3. The Hall–Kier alpha value is -1.86. The highest BCUT2D eigenvalue weighted by Gasteiger charge is 2.37. The molecule has 1 aromatic rings. The molecule has 0 spiro atoms. The highest BCUT2D eigenvalue weighted by Crippen LogP contribution is 2.39. The molecule has 0 amide bonds. The minimum atomic E-state index is -0.363. The Bertz CT molecular complexity index is 535. The maximum Gasteiger partial charge on any atom is 0.316 e. The van der Waals surface area contributed by atoms with Crippen LogP contribution in [0.15, 0.2) is 18.2 Å². The largest absolute Gasteiger partial charge is 0.374 e. The van der Waals surface area contributed by atoms with Crippen molar-refractivity contribution in [2.24, 2.45) is 5.84 Å². The fourth-order valence-electron chi connectivity index (χ4n) is 3.47. The van der Waals surface area contributed by atoms with Gasteiger partial charge in [0, 0.05) is 6.54 Å². The van der Waals surface area contributed by atoms with Crippen molar-refractivity contribution in [3.63, 3.8) is 0 Å². The predicted octanol–water partition coefficient (Wildman–Crippen LogP) is 2.03. The molecule has 1 aromatic carbocycles. The van der Waals surface area contributed by atoms with Gasteiger partial charge in [-0.2, -0.15) is 0 Å². The van der Waals surface area contributed by atoms with Crippen molar-refractivity contribution < 1.29 is 9.66 Å². The fraction of sp³-hybridized carbons (Fsp3) is 0.571. The van der Waals surface area contributed by atoms with Gasteiger partial charge < -0.3 is 15.1 Å². The summed E-state index contributed by atoms with van der Waals surface area (Å²) < 4.78 is 5.84. The standard InChI is InChI=1S/C14H20N4O3/c15-16-10-4-3-6-12(14(10)18(19)20)17-8-9-21-13-7-2-1-5-11(13)17/h3-4,6,11,13,16H,1-2,5,7-9,15H2. The Morgan fingerprint density at radius 3 is 2.95 bits per heavy atom. The summed E-state index contributed by atoms with van der Waals surface area (Å²) in [5.41, 5.74) is 3.45. The van der Waals surface area contributed by atoms with Gasteiger partial charge in [-0.3, -0.25) is 16.0 Å². The molecule has 0 aromatic heterocycles. The Labute approximate surface area is 123 Å². The van der Waals surface area contributed by atoms with Crippen LogP contribution in [0.25, 0.3) is 0 Å². The number of morpholine rings is 1. The minimum Gasteiger partial charge on any atom is -0.374 e. The van der Waals surface area contributed by atoms with Gasteiger partial charge in [0.15, 0.2) is 0 Å². The van der Waals surface area contributed by atoms with Crippen LogP contribution in [-0.2, 0) is 4.74 Å². The summed E-state index contributed by atoms with van der Waals surface area (Å²) in [6, 6.07) is 5.44. The van der Waals surface area contributed by atoms with E-state index < -0.39 is 0 Å². The average molecular weight is 292 g/mol. The summed E-state index contributed by atoms with van der Waals surface area (Å²) >= 11 is 0. The Balaban J connectivity index is 2.00. The number of ether oxygens (including phenoxy) is 1. The number of nitro benzene ring substituents is 1. The smallest absolute Gasteiger partial charge is 0.316 e. The molecular formula is C14H20N4O3. The van der Waals surface area contributed by atoms with E-state index >= 15 is 0 Å². The number of benzene rings is 1. The van der Waals surface area contributed by atoms with E-state index in [2.05, 4.69) is 10.3 Å². The zero-order chi connectivity index (χ0) is 14.8. The second-order valence-corrected chi connectivity index (χ2v) is 5.53. The van der Waals surface area contributed by atoms with Crippen molar-refractivity contribution in [1.82, 2.24) is 0 Å². The van der Waals surface area contributed by atoms with Gasteiger partial charge in [-0.25, -0.2) is 0 Å². The van der Waals surface area contributed by atoms with Crippen LogP contribution < -0.4 is 16.2 Å². The molecule has 0 bridgehead atoms. The van der Waals surface area contributed by atoms with Crippen LogP contribution in [-0.4, -0.2) is 30.2 Å². The Kier molecular flexibility index (Phi) is 3.94. The molecule has 0 radical (unpaired) electrons. The monoisotopic (exact) mass is 292 g/mol. The zero-order valence-electron chi connectivity index (χ0n) is 11.8. The zero-order valence-corrected chi connectivity index (χ0v) is 11.8. The number of nitrogens with two attached hydrogens (primary N) is 1. The van der Waals surface area contributed by atoms with E-state index in [9.17, 15) is 10.1 Å². The van der Waals surface area contributed by atoms with Crippen molar-refractivity contribution in [3.05, 3.63) is 28.3 Å². The SMILES string of the molecule is NNc1cccc(N2CCOC3CCCCC32)c1[N+](=O)[O-]. The number of nitrogens with zero attached hydrogens (tertiary/aromatic N) is 2. The number of rotatable bonds is 3. The van der Waals surface area contributed by atoms with E-state index in [-0.39, 0.29) is 22.8 Å². The lowest BCUT2D eigenvalue weighted by atomic mass is 9.89. The van der Waals surface area contributed by atoms with Crippen molar-refractivity contribution in [2.45, 2.75) is 37.8 Å². The molecule has 7 heteroatoms. The number of nitro groups is 1. The first-order valence-corrected chi connectivity index (χ1v) is 7.34. The second-order valence-electron chi connectivity index (χ2n) is 5.53. The van der Waals surface area contributed by atoms with Crippen LogP contribution in [0.3, 0.4) is 0 Å². The van der Waals surface area contributed by atoms with E-state index in [0.717, 1.165) is 19.3 Å². The third-order valence-electron chi connectivity index (χ3n) is 4.39. The van der Waals surface area contributed by atoms with Crippen LogP contribution in [0.5, 0.6) is 0 Å². The van der Waals surface area contributed by atoms with Crippen molar-refractivity contribution in [1.29, 1.82) is 0 Å². The Morgan fingerprint density at radius 1 is 1.38 bits per heavy atom. The highest BCUT2D eigenvalue weighted by atomic mass is 16.6. The molecule has 3 N–H and O–H groups in total. The quantitative estimate of drug-likeness (QED) is 0.503. The van der Waals surface area contributed by atoms with Crippen LogP contribution in [0.2, 0.25) is 0 Å². The summed E-state index contributed by atoms with van der Waals surface area (Å²) in [6.45, 7) is 1.29. The first-order chi connectivity index (χ1) is 10.2. The first-order valence-electron chi connectivity index (χ1n) is 7.34. The molecular weight excluding hydrogens is 272 g/mol. The van der Waals surface area contributed by atoms with E-state index in [1.165, 1.54) is 6.42 Å². The molecule has 1 saturated carbocycles. The summed E-state index contributed by atoms with van der Waals surface area (Å²) in [5.74, 6) is 5.42. The summed E-state index contributed by atoms with van der Waals surface area (Å²) in [7, 11) is 0. The molecule has 2 unspecified atom stereocenters.